The van der Waals surface area contributed by atoms with Crippen molar-refractivity contribution < 1.29 is 0 Å². The first-order valence-corrected chi connectivity index (χ1v) is 9.46. The lowest BCUT2D eigenvalue weighted by molar-refractivity contribution is 0.672. The average molecular weight is 393 g/mol. The third kappa shape index (κ3) is 3.39. The third-order valence-electron chi connectivity index (χ3n) is 4.99. The lowest BCUT2D eigenvalue weighted by Crippen LogP contribution is -2.23. The van der Waals surface area contributed by atoms with Crippen LogP contribution in [0.15, 0.2) is 64.8 Å². The van der Waals surface area contributed by atoms with Gasteiger partial charge in [0.15, 0.2) is 0 Å². The zero-order valence-corrected chi connectivity index (χ0v) is 16.3. The molecule has 0 amide bonds. The van der Waals surface area contributed by atoms with Crippen LogP contribution in [0.5, 0.6) is 0 Å². The van der Waals surface area contributed by atoms with Crippen molar-refractivity contribution in [1.29, 1.82) is 0 Å². The molecule has 1 heterocycles. The number of para-hydroxylation sites is 1. The second kappa shape index (κ2) is 7.48. The van der Waals surface area contributed by atoms with Crippen molar-refractivity contribution >= 4 is 23.3 Å². The number of halogens is 1. The summed E-state index contributed by atoms with van der Waals surface area (Å²) in [6, 6.07) is 17.9. The predicted octanol–water partition coefficient (Wildman–Crippen LogP) is 3.54. The van der Waals surface area contributed by atoms with Gasteiger partial charge in [-0.1, -0.05) is 48.0 Å². The molecule has 0 bridgehead atoms. The summed E-state index contributed by atoms with van der Waals surface area (Å²) >= 11 is 6.46. The Morgan fingerprint density at radius 2 is 1.79 bits per heavy atom. The van der Waals surface area contributed by atoms with Gasteiger partial charge in [0.25, 0.3) is 0 Å². The highest BCUT2D eigenvalue weighted by Gasteiger charge is 2.31. The van der Waals surface area contributed by atoms with E-state index in [2.05, 4.69) is 16.3 Å². The molecule has 1 aliphatic carbocycles. The van der Waals surface area contributed by atoms with Crippen molar-refractivity contribution in [3.8, 4) is 5.69 Å². The van der Waals surface area contributed by atoms with Crippen molar-refractivity contribution in [3.05, 3.63) is 82.1 Å². The standard InChI is InChI=1S/C21H21ClN6/c1-13-20-18(25-26-21(23)24)11-14(16-9-5-6-10-17(16)22)12-19(20)27-28(13)15-7-3-2-4-8-15/h2-10,14H,11-12H2,1H3,(H4,23,24,26). The van der Waals surface area contributed by atoms with Gasteiger partial charge in [0.05, 0.1) is 22.8 Å². The van der Waals surface area contributed by atoms with E-state index in [0.29, 0.717) is 6.42 Å². The SMILES string of the molecule is Cc1c2c(nn1-c1ccccc1)CC(c1ccccc1Cl)CC2=NN=C(N)N. The van der Waals surface area contributed by atoms with Gasteiger partial charge in [-0.25, -0.2) is 4.68 Å². The molecule has 28 heavy (non-hydrogen) atoms. The maximum atomic E-state index is 6.46. The zero-order chi connectivity index (χ0) is 19.7. The molecule has 0 saturated carbocycles. The summed E-state index contributed by atoms with van der Waals surface area (Å²) in [5.41, 5.74) is 16.9. The molecule has 4 N–H and O–H groups in total. The Hall–Kier alpha value is -3.12. The van der Waals surface area contributed by atoms with E-state index in [9.17, 15) is 0 Å². The Morgan fingerprint density at radius 1 is 1.07 bits per heavy atom. The summed E-state index contributed by atoms with van der Waals surface area (Å²) in [4.78, 5) is 0. The van der Waals surface area contributed by atoms with Crippen LogP contribution in [0.25, 0.3) is 5.69 Å². The van der Waals surface area contributed by atoms with E-state index in [1.54, 1.807) is 0 Å². The molecule has 0 spiro atoms. The number of rotatable bonds is 3. The summed E-state index contributed by atoms with van der Waals surface area (Å²) in [5.74, 6) is 0.0923. The van der Waals surface area contributed by atoms with E-state index in [0.717, 1.165) is 45.4 Å². The predicted molar refractivity (Wildman–Crippen MR) is 113 cm³/mol. The largest absolute Gasteiger partial charge is 0.369 e. The van der Waals surface area contributed by atoms with Gasteiger partial charge in [0.2, 0.25) is 5.96 Å². The first-order chi connectivity index (χ1) is 13.5. The molecule has 142 valence electrons. The number of nitrogens with two attached hydrogens (primary N) is 2. The third-order valence-corrected chi connectivity index (χ3v) is 5.33. The summed E-state index contributed by atoms with van der Waals surface area (Å²) < 4.78 is 1.95. The van der Waals surface area contributed by atoms with Gasteiger partial charge in [-0.2, -0.15) is 10.2 Å². The molecule has 2 aromatic carbocycles. The van der Waals surface area contributed by atoms with Gasteiger partial charge in [-0.05, 0) is 49.4 Å². The van der Waals surface area contributed by atoms with Crippen molar-refractivity contribution in [3.63, 3.8) is 0 Å². The van der Waals surface area contributed by atoms with Crippen LogP contribution < -0.4 is 11.5 Å². The highest BCUT2D eigenvalue weighted by atomic mass is 35.5. The van der Waals surface area contributed by atoms with Gasteiger partial charge in [-0.15, -0.1) is 5.10 Å². The van der Waals surface area contributed by atoms with E-state index >= 15 is 0 Å². The van der Waals surface area contributed by atoms with Crippen LogP contribution in [0.3, 0.4) is 0 Å². The average Bonchev–Trinajstić information content (AvgIpc) is 3.04. The molecule has 6 nitrogen and oxygen atoms in total. The number of nitrogens with zero attached hydrogens (tertiary/aromatic N) is 4. The van der Waals surface area contributed by atoms with Crippen LogP contribution in [0.2, 0.25) is 5.02 Å². The maximum absolute atomic E-state index is 6.46. The first-order valence-electron chi connectivity index (χ1n) is 9.08. The van der Waals surface area contributed by atoms with E-state index in [4.69, 9.17) is 28.2 Å². The van der Waals surface area contributed by atoms with Gasteiger partial charge < -0.3 is 11.5 Å². The lowest BCUT2D eigenvalue weighted by Gasteiger charge is -2.23. The normalized spacial score (nSPS) is 17.4. The number of aromatic nitrogens is 2. The van der Waals surface area contributed by atoms with Crippen molar-refractivity contribution in [2.45, 2.75) is 25.7 Å². The van der Waals surface area contributed by atoms with Crippen molar-refractivity contribution in [2.75, 3.05) is 0 Å². The van der Waals surface area contributed by atoms with Gasteiger partial charge >= 0.3 is 0 Å². The van der Waals surface area contributed by atoms with E-state index in [1.807, 2.05) is 60.1 Å². The summed E-state index contributed by atoms with van der Waals surface area (Å²) in [6.07, 6.45) is 1.47. The highest BCUT2D eigenvalue weighted by Crippen LogP contribution is 2.37. The molecule has 1 aliphatic rings. The van der Waals surface area contributed by atoms with E-state index in [1.165, 1.54) is 0 Å². The van der Waals surface area contributed by atoms with Gasteiger partial charge in [0, 0.05) is 10.6 Å². The summed E-state index contributed by atoms with van der Waals surface area (Å²) in [7, 11) is 0. The van der Waals surface area contributed by atoms with Crippen molar-refractivity contribution in [1.82, 2.24) is 9.78 Å². The fourth-order valence-electron chi connectivity index (χ4n) is 3.78. The number of benzene rings is 2. The Labute approximate surface area is 168 Å². The fraction of sp³-hybridized carbons (Fsp3) is 0.190. The molecule has 0 aliphatic heterocycles. The molecular weight excluding hydrogens is 372 g/mol. The molecule has 1 aromatic heterocycles. The Bertz CT molecular complexity index is 1060. The molecule has 0 fully saturated rings. The quantitative estimate of drug-likeness (QED) is 0.405. The number of hydrogen-bond acceptors (Lipinski definition) is 3. The topological polar surface area (TPSA) is 94.6 Å². The number of hydrogen-bond donors (Lipinski definition) is 2. The molecule has 3 aromatic rings. The first kappa shape index (κ1) is 18.3. The van der Waals surface area contributed by atoms with Crippen LogP contribution in [-0.4, -0.2) is 21.5 Å². The molecule has 0 saturated heterocycles. The molecule has 4 rings (SSSR count). The van der Waals surface area contributed by atoms with Crippen LogP contribution in [0, 0.1) is 6.92 Å². The molecule has 7 heteroatoms. The highest BCUT2D eigenvalue weighted by molar-refractivity contribution is 6.31. The summed E-state index contributed by atoms with van der Waals surface area (Å²) in [6.45, 7) is 2.04. The lowest BCUT2D eigenvalue weighted by atomic mass is 9.81. The van der Waals surface area contributed by atoms with Gasteiger partial charge in [0.1, 0.15) is 0 Å². The minimum Gasteiger partial charge on any atom is -0.369 e. The Kier molecular flexibility index (Phi) is 4.88. The number of guanidine groups is 1. The molecule has 1 atom stereocenters. The van der Waals surface area contributed by atoms with Crippen molar-refractivity contribution in [2.24, 2.45) is 21.7 Å². The van der Waals surface area contributed by atoms with Crippen LogP contribution in [-0.2, 0) is 6.42 Å². The van der Waals surface area contributed by atoms with Crippen LogP contribution in [0.4, 0.5) is 0 Å². The summed E-state index contributed by atoms with van der Waals surface area (Å²) in [5, 5.41) is 13.9. The monoisotopic (exact) mass is 392 g/mol. The van der Waals surface area contributed by atoms with Gasteiger partial charge in [-0.3, -0.25) is 0 Å². The molecular formula is C21H21ClN6. The smallest absolute Gasteiger partial charge is 0.211 e. The zero-order valence-electron chi connectivity index (χ0n) is 15.5. The van der Waals surface area contributed by atoms with Crippen LogP contribution in [0.1, 0.15) is 34.9 Å². The minimum absolute atomic E-state index is 0.0676. The Balaban J connectivity index is 1.84. The Morgan fingerprint density at radius 3 is 2.50 bits per heavy atom. The molecule has 1 unspecified atom stereocenters. The van der Waals surface area contributed by atoms with E-state index < -0.39 is 0 Å². The maximum Gasteiger partial charge on any atom is 0.211 e. The van der Waals surface area contributed by atoms with E-state index in [-0.39, 0.29) is 11.9 Å². The minimum atomic E-state index is -0.0676. The number of fused-ring (bicyclic) bond motifs is 1. The van der Waals surface area contributed by atoms with Crippen LogP contribution >= 0.6 is 11.6 Å². The molecule has 0 radical (unpaired) electrons. The second-order valence-corrected chi connectivity index (χ2v) is 7.26. The second-order valence-electron chi connectivity index (χ2n) is 6.85. The fourth-order valence-corrected chi connectivity index (χ4v) is 4.07.